The third-order valence-corrected chi connectivity index (χ3v) is 8.49. The molecule has 2 aromatic rings. The Bertz CT molecular complexity index is 1270. The van der Waals surface area contributed by atoms with E-state index in [1.807, 2.05) is 17.5 Å². The van der Waals surface area contributed by atoms with E-state index in [-0.39, 0.29) is 24.5 Å². The highest BCUT2D eigenvalue weighted by molar-refractivity contribution is 7.10. The number of nitrogens with one attached hydrogen (secondary N) is 3. The summed E-state index contributed by atoms with van der Waals surface area (Å²) in [5.74, 6) is 0.539. The molecule has 3 N–H and O–H groups in total. The quantitative estimate of drug-likeness (QED) is 0.547. The predicted molar refractivity (Wildman–Crippen MR) is 132 cm³/mol. The molecule has 3 heterocycles. The van der Waals surface area contributed by atoms with Gasteiger partial charge in [0.05, 0.1) is 17.5 Å². The minimum absolute atomic E-state index is 0.0646. The standard InChI is InChI=1S/C25H27N5O5S/c1-26-23(33)27-16-4-5-17-15(10-16)6-8-25(17)22(32)30(24(34)28-25)12-21(31)29-11-20-19(7-9-36-20)35-13-18(29)14-2-3-14/h4-5,7,9-10,14,18H,2-3,6,8,11-13H2,1H3,(H,28,34)(H2,26,27,33)/t18-,25-/m0/s1. The Hall–Kier alpha value is -3.60. The maximum absolute atomic E-state index is 13.7. The van der Waals surface area contributed by atoms with Crippen molar-refractivity contribution in [2.45, 2.75) is 43.8 Å². The zero-order valence-electron chi connectivity index (χ0n) is 19.8. The van der Waals surface area contributed by atoms with Crippen LogP contribution >= 0.6 is 11.3 Å². The van der Waals surface area contributed by atoms with Gasteiger partial charge in [0.2, 0.25) is 5.91 Å². The van der Waals surface area contributed by atoms with E-state index in [1.54, 1.807) is 28.4 Å². The number of nitrogens with zero attached hydrogens (tertiary/aromatic N) is 2. The van der Waals surface area contributed by atoms with Crippen molar-refractivity contribution in [1.29, 1.82) is 0 Å². The number of urea groups is 2. The number of benzene rings is 1. The van der Waals surface area contributed by atoms with Crippen molar-refractivity contribution in [2.24, 2.45) is 5.92 Å². The predicted octanol–water partition coefficient (Wildman–Crippen LogP) is 2.39. The van der Waals surface area contributed by atoms with E-state index < -0.39 is 17.5 Å². The minimum atomic E-state index is -1.18. The number of amides is 6. The fourth-order valence-electron chi connectivity index (χ4n) is 5.55. The van der Waals surface area contributed by atoms with Gasteiger partial charge in [-0.3, -0.25) is 14.5 Å². The number of rotatable bonds is 4. The molecule has 6 amide bonds. The van der Waals surface area contributed by atoms with Gasteiger partial charge in [-0.1, -0.05) is 6.07 Å². The minimum Gasteiger partial charge on any atom is -0.490 e. The first-order chi connectivity index (χ1) is 17.4. The number of aryl methyl sites for hydroxylation is 1. The molecule has 1 spiro atoms. The summed E-state index contributed by atoms with van der Waals surface area (Å²) in [6, 6.07) is 6.27. The molecule has 2 aliphatic carbocycles. The highest BCUT2D eigenvalue weighted by Crippen LogP contribution is 2.43. The average molecular weight is 510 g/mol. The molecule has 2 aliphatic heterocycles. The zero-order valence-corrected chi connectivity index (χ0v) is 20.7. The van der Waals surface area contributed by atoms with Crippen LogP contribution in [0.15, 0.2) is 29.6 Å². The van der Waals surface area contributed by atoms with Gasteiger partial charge >= 0.3 is 12.1 Å². The van der Waals surface area contributed by atoms with Gasteiger partial charge in [-0.15, -0.1) is 11.3 Å². The molecule has 0 bridgehead atoms. The fraction of sp³-hybridized carbons (Fsp3) is 0.440. The van der Waals surface area contributed by atoms with Crippen LogP contribution in [0.4, 0.5) is 15.3 Å². The summed E-state index contributed by atoms with van der Waals surface area (Å²) in [7, 11) is 1.53. The lowest BCUT2D eigenvalue weighted by Crippen LogP contribution is -2.49. The molecule has 1 aromatic heterocycles. The first-order valence-electron chi connectivity index (χ1n) is 12.1. The van der Waals surface area contributed by atoms with Crippen LogP contribution in [0, 0.1) is 5.92 Å². The molecule has 11 heteroatoms. The van der Waals surface area contributed by atoms with E-state index >= 15 is 0 Å². The Kier molecular flexibility index (Phi) is 5.40. The fourth-order valence-corrected chi connectivity index (χ4v) is 6.36. The molecule has 0 radical (unpaired) electrons. The molecule has 1 saturated carbocycles. The maximum atomic E-state index is 13.7. The number of hydrogen-bond donors (Lipinski definition) is 3. The van der Waals surface area contributed by atoms with Crippen LogP contribution in [0.3, 0.4) is 0 Å². The number of carbonyl (C=O) groups is 4. The van der Waals surface area contributed by atoms with Gasteiger partial charge in [0.15, 0.2) is 0 Å². The Morgan fingerprint density at radius 2 is 2.08 bits per heavy atom. The van der Waals surface area contributed by atoms with Gasteiger partial charge in [0, 0.05) is 12.7 Å². The summed E-state index contributed by atoms with van der Waals surface area (Å²) >= 11 is 1.54. The lowest BCUT2D eigenvalue weighted by atomic mass is 9.91. The molecule has 36 heavy (non-hydrogen) atoms. The van der Waals surface area contributed by atoms with E-state index in [2.05, 4.69) is 16.0 Å². The Labute approximate surface area is 212 Å². The molecule has 2 atom stereocenters. The maximum Gasteiger partial charge on any atom is 0.325 e. The first kappa shape index (κ1) is 22.8. The van der Waals surface area contributed by atoms with Crippen molar-refractivity contribution < 1.29 is 23.9 Å². The lowest BCUT2D eigenvalue weighted by molar-refractivity contribution is -0.141. The molecular formula is C25H27N5O5S. The number of thiophene rings is 1. The number of hydrogen-bond acceptors (Lipinski definition) is 6. The van der Waals surface area contributed by atoms with E-state index in [9.17, 15) is 19.2 Å². The SMILES string of the molecule is CNC(=O)Nc1ccc2c(c1)CC[C@]21NC(=O)N(CC(=O)N2Cc3sccc3OC[C@H]2C2CC2)C1=O. The van der Waals surface area contributed by atoms with E-state index in [1.165, 1.54) is 7.05 Å². The van der Waals surface area contributed by atoms with Crippen molar-refractivity contribution in [3.63, 3.8) is 0 Å². The topological polar surface area (TPSA) is 120 Å². The molecule has 6 rings (SSSR count). The van der Waals surface area contributed by atoms with Crippen molar-refractivity contribution in [3.05, 3.63) is 45.6 Å². The second-order valence-electron chi connectivity index (χ2n) is 9.75. The molecule has 1 saturated heterocycles. The Balaban J connectivity index is 1.22. The lowest BCUT2D eigenvalue weighted by Gasteiger charge is -2.30. The zero-order chi connectivity index (χ0) is 25.0. The summed E-state index contributed by atoms with van der Waals surface area (Å²) in [5.41, 5.74) is 1.02. The highest BCUT2D eigenvalue weighted by atomic mass is 32.1. The molecule has 4 aliphatic rings. The molecule has 2 fully saturated rings. The van der Waals surface area contributed by atoms with Gasteiger partial charge < -0.3 is 25.6 Å². The Morgan fingerprint density at radius 3 is 2.86 bits per heavy atom. The summed E-state index contributed by atoms with van der Waals surface area (Å²) in [4.78, 5) is 55.7. The average Bonchev–Trinajstić information content (AvgIpc) is 3.50. The monoisotopic (exact) mass is 509 g/mol. The van der Waals surface area contributed by atoms with Crippen molar-refractivity contribution in [2.75, 3.05) is 25.5 Å². The largest absolute Gasteiger partial charge is 0.490 e. The number of anilines is 1. The molecule has 1 aromatic carbocycles. The second-order valence-corrected chi connectivity index (χ2v) is 10.7. The number of fused-ring (bicyclic) bond motifs is 3. The van der Waals surface area contributed by atoms with Gasteiger partial charge in [-0.25, -0.2) is 9.59 Å². The summed E-state index contributed by atoms with van der Waals surface area (Å²) in [6.07, 6.45) is 3.07. The van der Waals surface area contributed by atoms with Crippen LogP contribution in [0.5, 0.6) is 5.75 Å². The smallest absolute Gasteiger partial charge is 0.325 e. The molecule has 188 valence electrons. The van der Waals surface area contributed by atoms with Crippen LogP contribution < -0.4 is 20.7 Å². The number of ether oxygens (including phenoxy) is 1. The van der Waals surface area contributed by atoms with Crippen LogP contribution in [0.2, 0.25) is 0 Å². The summed E-state index contributed by atoms with van der Waals surface area (Å²) in [6.45, 7) is 0.539. The third kappa shape index (κ3) is 3.69. The van der Waals surface area contributed by atoms with E-state index in [4.69, 9.17) is 4.74 Å². The molecule has 0 unspecified atom stereocenters. The van der Waals surface area contributed by atoms with Crippen molar-refractivity contribution in [3.8, 4) is 5.75 Å². The third-order valence-electron chi connectivity index (χ3n) is 7.60. The summed E-state index contributed by atoms with van der Waals surface area (Å²) in [5, 5.41) is 10.1. The normalized spacial score (nSPS) is 24.6. The molecule has 10 nitrogen and oxygen atoms in total. The van der Waals surface area contributed by atoms with Gasteiger partial charge in [-0.05, 0) is 66.3 Å². The number of carbonyl (C=O) groups excluding carboxylic acids is 4. The van der Waals surface area contributed by atoms with Crippen LogP contribution in [-0.4, -0.2) is 59.9 Å². The van der Waals surface area contributed by atoms with Gasteiger partial charge in [-0.2, -0.15) is 0 Å². The van der Waals surface area contributed by atoms with Crippen molar-refractivity contribution in [1.82, 2.24) is 20.4 Å². The summed E-state index contributed by atoms with van der Waals surface area (Å²) < 4.78 is 5.98. The van der Waals surface area contributed by atoms with Gasteiger partial charge in [0.1, 0.15) is 24.4 Å². The Morgan fingerprint density at radius 1 is 1.25 bits per heavy atom. The van der Waals surface area contributed by atoms with E-state index in [0.29, 0.717) is 43.2 Å². The highest BCUT2D eigenvalue weighted by Gasteiger charge is 2.56. The van der Waals surface area contributed by atoms with Gasteiger partial charge in [0.25, 0.3) is 5.91 Å². The van der Waals surface area contributed by atoms with Crippen LogP contribution in [0.25, 0.3) is 0 Å². The van der Waals surface area contributed by atoms with Crippen molar-refractivity contribution >= 4 is 40.9 Å². The number of imide groups is 1. The van der Waals surface area contributed by atoms with Crippen LogP contribution in [0.1, 0.15) is 35.3 Å². The first-order valence-corrected chi connectivity index (χ1v) is 13.0. The second kappa shape index (κ2) is 8.51. The van der Waals surface area contributed by atoms with E-state index in [0.717, 1.165) is 33.9 Å². The molecular weight excluding hydrogens is 482 g/mol. The van der Waals surface area contributed by atoms with Crippen LogP contribution in [-0.2, 0) is 28.1 Å².